The van der Waals surface area contributed by atoms with Crippen LogP contribution in [0.5, 0.6) is 17.2 Å². The minimum absolute atomic E-state index is 0.137. The predicted molar refractivity (Wildman–Crippen MR) is 121 cm³/mol. The summed E-state index contributed by atoms with van der Waals surface area (Å²) in [5.74, 6) is 2.52. The highest BCUT2D eigenvalue weighted by Crippen LogP contribution is 2.47. The third kappa shape index (κ3) is 3.22. The maximum Gasteiger partial charge on any atom is 0.213 e. The van der Waals surface area contributed by atoms with Gasteiger partial charge in [0.05, 0.1) is 11.8 Å². The molecule has 0 saturated heterocycles. The number of hydrogen-bond acceptors (Lipinski definition) is 6. The van der Waals surface area contributed by atoms with E-state index in [2.05, 4.69) is 59.8 Å². The fourth-order valence-corrected chi connectivity index (χ4v) is 4.83. The number of benzene rings is 3. The summed E-state index contributed by atoms with van der Waals surface area (Å²) >= 11 is 1.74. The van der Waals surface area contributed by atoms with Crippen molar-refractivity contribution in [2.75, 3.05) is 19.5 Å². The van der Waals surface area contributed by atoms with Gasteiger partial charge < -0.3 is 14.2 Å². The topological polar surface area (TPSA) is 43.3 Å². The van der Waals surface area contributed by atoms with Gasteiger partial charge in [0.1, 0.15) is 19.0 Å². The van der Waals surface area contributed by atoms with E-state index in [1.165, 1.54) is 10.5 Å². The average molecular weight is 431 g/mol. The Kier molecular flexibility index (Phi) is 4.53. The van der Waals surface area contributed by atoms with Crippen molar-refractivity contribution in [2.45, 2.75) is 23.6 Å². The fourth-order valence-electron chi connectivity index (χ4n) is 4.42. The Morgan fingerprint density at radius 2 is 1.71 bits per heavy atom. The maximum atomic E-state index is 6.45. The molecule has 0 fully saturated rings. The van der Waals surface area contributed by atoms with E-state index in [-0.39, 0.29) is 12.3 Å². The Labute approximate surface area is 185 Å². The molecule has 3 aliphatic rings. The van der Waals surface area contributed by atoms with Gasteiger partial charge in [-0.05, 0) is 42.7 Å². The van der Waals surface area contributed by atoms with Crippen LogP contribution in [0, 0.1) is 0 Å². The van der Waals surface area contributed by atoms with Gasteiger partial charge >= 0.3 is 0 Å². The van der Waals surface area contributed by atoms with E-state index in [0.717, 1.165) is 40.5 Å². The zero-order valence-corrected chi connectivity index (χ0v) is 18.0. The van der Waals surface area contributed by atoms with Crippen LogP contribution in [-0.2, 0) is 0 Å². The average Bonchev–Trinajstić information content (AvgIpc) is 3.29. The summed E-state index contributed by atoms with van der Waals surface area (Å²) in [4.78, 5) is 1.23. The van der Waals surface area contributed by atoms with Crippen LogP contribution in [0.2, 0.25) is 0 Å². The zero-order chi connectivity index (χ0) is 20.8. The van der Waals surface area contributed by atoms with E-state index in [1.54, 1.807) is 11.8 Å². The number of ether oxygens (including phenoxy) is 3. The van der Waals surface area contributed by atoms with Gasteiger partial charge in [-0.25, -0.2) is 5.01 Å². The van der Waals surface area contributed by atoms with E-state index in [0.29, 0.717) is 13.2 Å². The van der Waals surface area contributed by atoms with Gasteiger partial charge in [-0.3, -0.25) is 0 Å². The van der Waals surface area contributed by atoms with Crippen LogP contribution in [0.3, 0.4) is 0 Å². The lowest BCUT2D eigenvalue weighted by Crippen LogP contribution is -2.33. The molecule has 3 heterocycles. The van der Waals surface area contributed by atoms with Crippen molar-refractivity contribution in [2.24, 2.45) is 5.10 Å². The molecule has 0 aromatic heterocycles. The first-order chi connectivity index (χ1) is 15.3. The van der Waals surface area contributed by atoms with Gasteiger partial charge in [-0.15, -0.1) is 11.8 Å². The number of nitrogens with zero attached hydrogens (tertiary/aromatic N) is 2. The molecule has 156 valence electrons. The second-order valence-corrected chi connectivity index (χ2v) is 8.67. The number of rotatable bonds is 3. The first-order valence-electron chi connectivity index (χ1n) is 10.5. The molecule has 0 saturated carbocycles. The molecule has 6 rings (SSSR count). The molecule has 0 amide bonds. The van der Waals surface area contributed by atoms with Gasteiger partial charge in [0, 0.05) is 28.0 Å². The van der Waals surface area contributed by atoms with Crippen molar-refractivity contribution in [1.82, 2.24) is 5.01 Å². The predicted octanol–water partition coefficient (Wildman–Crippen LogP) is 5.42. The van der Waals surface area contributed by atoms with Crippen molar-refractivity contribution in [3.8, 4) is 17.2 Å². The van der Waals surface area contributed by atoms with Crippen LogP contribution in [0.25, 0.3) is 0 Å². The smallest absolute Gasteiger partial charge is 0.213 e. The highest BCUT2D eigenvalue weighted by molar-refractivity contribution is 7.98. The molecule has 2 atom stereocenters. The summed E-state index contributed by atoms with van der Waals surface area (Å²) in [5, 5.41) is 7.17. The van der Waals surface area contributed by atoms with Gasteiger partial charge in [0.2, 0.25) is 6.23 Å². The lowest BCUT2D eigenvalue weighted by atomic mass is 9.96. The summed E-state index contributed by atoms with van der Waals surface area (Å²) in [7, 11) is 0. The summed E-state index contributed by atoms with van der Waals surface area (Å²) in [6.07, 6.45) is 2.65. The molecule has 31 heavy (non-hydrogen) atoms. The summed E-state index contributed by atoms with van der Waals surface area (Å²) < 4.78 is 17.9. The molecule has 0 radical (unpaired) electrons. The first kappa shape index (κ1) is 18.6. The van der Waals surface area contributed by atoms with E-state index >= 15 is 0 Å². The van der Waals surface area contributed by atoms with Crippen LogP contribution in [0.15, 0.2) is 76.7 Å². The molecule has 3 aromatic rings. The molecule has 0 unspecified atom stereocenters. The Balaban J connectivity index is 1.40. The Morgan fingerprint density at radius 3 is 2.55 bits per heavy atom. The second-order valence-electron chi connectivity index (χ2n) is 7.79. The van der Waals surface area contributed by atoms with Crippen molar-refractivity contribution in [1.29, 1.82) is 0 Å². The van der Waals surface area contributed by atoms with E-state index in [1.807, 2.05) is 18.2 Å². The third-order valence-corrected chi connectivity index (χ3v) is 6.72. The number of fused-ring (bicyclic) bond motifs is 4. The Hall–Kier alpha value is -3.12. The zero-order valence-electron chi connectivity index (χ0n) is 17.2. The lowest BCUT2D eigenvalue weighted by molar-refractivity contribution is -0.0190. The molecule has 3 aliphatic heterocycles. The van der Waals surface area contributed by atoms with Crippen molar-refractivity contribution in [3.63, 3.8) is 0 Å². The SMILES string of the molecule is CSc1ccc([C@H]2Oc3ccccc3[C@@H]3CC(c4ccc5c(c4)OCCO5)=NN23)cc1. The standard InChI is InChI=1S/C25H22N2O3S/c1-31-18-9-6-16(7-10-18)25-27-21(19-4-2-3-5-22(19)30-25)15-20(26-27)17-8-11-23-24(14-17)29-13-12-28-23/h2-11,14,21,25H,12-13,15H2,1H3/t21-,25+/m0/s1. The van der Waals surface area contributed by atoms with E-state index in [4.69, 9.17) is 19.3 Å². The van der Waals surface area contributed by atoms with Gasteiger partial charge in [-0.1, -0.05) is 30.3 Å². The number of para-hydroxylation sites is 1. The lowest BCUT2D eigenvalue weighted by Gasteiger charge is -2.38. The summed E-state index contributed by atoms with van der Waals surface area (Å²) in [6, 6.07) is 23.1. The van der Waals surface area contributed by atoms with Crippen molar-refractivity contribution >= 4 is 17.5 Å². The largest absolute Gasteiger partial charge is 0.486 e. The molecule has 6 heteroatoms. The number of thioether (sulfide) groups is 1. The van der Waals surface area contributed by atoms with Crippen molar-refractivity contribution < 1.29 is 14.2 Å². The monoisotopic (exact) mass is 430 g/mol. The van der Waals surface area contributed by atoms with Crippen LogP contribution in [0.1, 0.15) is 35.4 Å². The van der Waals surface area contributed by atoms with E-state index in [9.17, 15) is 0 Å². The maximum absolute atomic E-state index is 6.45. The Morgan fingerprint density at radius 1 is 0.903 bits per heavy atom. The van der Waals surface area contributed by atoms with E-state index < -0.39 is 0 Å². The first-order valence-corrected chi connectivity index (χ1v) is 11.7. The quantitative estimate of drug-likeness (QED) is 0.519. The summed E-state index contributed by atoms with van der Waals surface area (Å²) in [6.45, 7) is 1.17. The molecule has 0 bridgehead atoms. The fraction of sp³-hybridized carbons (Fsp3) is 0.240. The molecule has 5 nitrogen and oxygen atoms in total. The Bertz CT molecular complexity index is 1160. The molecule has 0 aliphatic carbocycles. The summed E-state index contributed by atoms with van der Waals surface area (Å²) in [5.41, 5.74) is 4.38. The molecule has 3 aromatic carbocycles. The molecular formula is C25H22N2O3S. The van der Waals surface area contributed by atoms with Gasteiger partial charge in [0.15, 0.2) is 11.5 Å². The number of hydrogen-bond donors (Lipinski definition) is 0. The van der Waals surface area contributed by atoms with Crippen molar-refractivity contribution in [3.05, 3.63) is 83.4 Å². The van der Waals surface area contributed by atoms with Gasteiger partial charge in [0.25, 0.3) is 0 Å². The minimum atomic E-state index is -0.259. The second kappa shape index (κ2) is 7.54. The minimum Gasteiger partial charge on any atom is -0.486 e. The number of hydrazone groups is 1. The molecule has 0 spiro atoms. The van der Waals surface area contributed by atoms with Crippen LogP contribution >= 0.6 is 11.8 Å². The molecule has 0 N–H and O–H groups in total. The third-order valence-electron chi connectivity index (χ3n) is 5.98. The highest BCUT2D eigenvalue weighted by atomic mass is 32.2. The van der Waals surface area contributed by atoms with Crippen LogP contribution < -0.4 is 14.2 Å². The highest BCUT2D eigenvalue weighted by Gasteiger charge is 2.41. The van der Waals surface area contributed by atoms with Crippen LogP contribution in [-0.4, -0.2) is 30.2 Å². The van der Waals surface area contributed by atoms with Crippen LogP contribution in [0.4, 0.5) is 0 Å². The molecular weight excluding hydrogens is 408 g/mol. The normalized spacial score (nSPS) is 21.1. The van der Waals surface area contributed by atoms with Gasteiger partial charge in [-0.2, -0.15) is 5.10 Å².